The van der Waals surface area contributed by atoms with Gasteiger partial charge in [0.15, 0.2) is 0 Å². The van der Waals surface area contributed by atoms with Crippen LogP contribution in [0.2, 0.25) is 0 Å². The highest BCUT2D eigenvalue weighted by Crippen LogP contribution is 2.31. The highest BCUT2D eigenvalue weighted by molar-refractivity contribution is 9.10. The third-order valence-electron chi connectivity index (χ3n) is 3.19. The molecular weight excluding hydrogens is 266 g/mol. The Morgan fingerprint density at radius 1 is 1.25 bits per heavy atom. The van der Waals surface area contributed by atoms with E-state index >= 15 is 0 Å². The minimum absolute atomic E-state index is 0.755. The van der Waals surface area contributed by atoms with Gasteiger partial charge in [-0.05, 0) is 41.3 Å². The maximum atomic E-state index is 5.84. The van der Waals surface area contributed by atoms with Crippen molar-refractivity contribution in [1.82, 2.24) is 4.98 Å². The Kier molecular flexibility index (Phi) is 3.69. The second kappa shape index (κ2) is 5.04. The molecule has 4 heteroatoms. The summed E-state index contributed by atoms with van der Waals surface area (Å²) in [6.45, 7) is 4.24. The van der Waals surface area contributed by atoms with Crippen LogP contribution in [0.4, 0.5) is 11.5 Å². The second-order valence-electron chi connectivity index (χ2n) is 4.38. The number of nitrogens with zero attached hydrogens (tertiary/aromatic N) is 2. The minimum atomic E-state index is 0.755. The third kappa shape index (κ3) is 2.32. The molecule has 0 unspecified atom stereocenters. The summed E-state index contributed by atoms with van der Waals surface area (Å²) in [7, 11) is 0. The Balaban J connectivity index is 2.28. The number of hydrogen-bond acceptors (Lipinski definition) is 3. The molecule has 1 aliphatic heterocycles. The topological polar surface area (TPSA) is 42.1 Å². The zero-order valence-electron chi connectivity index (χ0n) is 9.67. The maximum Gasteiger partial charge on any atom is 0.143 e. The van der Waals surface area contributed by atoms with Crippen LogP contribution in [0, 0.1) is 6.92 Å². The smallest absolute Gasteiger partial charge is 0.143 e. The first-order valence-electron chi connectivity index (χ1n) is 5.85. The van der Waals surface area contributed by atoms with Gasteiger partial charge < -0.3 is 10.6 Å². The summed E-state index contributed by atoms with van der Waals surface area (Å²) in [5.41, 5.74) is 7.69. The van der Waals surface area contributed by atoms with Gasteiger partial charge in [0, 0.05) is 13.1 Å². The zero-order valence-corrected chi connectivity index (χ0v) is 11.3. The molecule has 0 spiro atoms. The monoisotopic (exact) mass is 283 g/mol. The van der Waals surface area contributed by atoms with Gasteiger partial charge in [0.2, 0.25) is 0 Å². The molecule has 1 saturated heterocycles. The van der Waals surface area contributed by atoms with E-state index in [1.807, 2.05) is 6.92 Å². The fraction of sp³-hybridized carbons (Fsp3) is 0.583. The van der Waals surface area contributed by atoms with Crippen molar-refractivity contribution < 1.29 is 0 Å². The molecule has 1 fully saturated rings. The molecule has 0 bridgehead atoms. The fourth-order valence-corrected chi connectivity index (χ4v) is 2.66. The van der Waals surface area contributed by atoms with Gasteiger partial charge in [-0.15, -0.1) is 0 Å². The van der Waals surface area contributed by atoms with Crippen molar-refractivity contribution in [2.24, 2.45) is 0 Å². The largest absolute Gasteiger partial charge is 0.397 e. The summed E-state index contributed by atoms with van der Waals surface area (Å²) >= 11 is 3.61. The molecule has 16 heavy (non-hydrogen) atoms. The Labute approximate surface area is 105 Å². The molecule has 1 aromatic rings. The molecule has 0 aliphatic carbocycles. The number of anilines is 2. The molecule has 0 radical (unpaired) electrons. The van der Waals surface area contributed by atoms with Crippen LogP contribution in [0.25, 0.3) is 0 Å². The lowest BCUT2D eigenvalue weighted by atomic mass is 10.2. The summed E-state index contributed by atoms with van der Waals surface area (Å²) in [5.74, 6) is 1.05. The van der Waals surface area contributed by atoms with Crippen molar-refractivity contribution in [2.75, 3.05) is 23.7 Å². The van der Waals surface area contributed by atoms with Crippen LogP contribution < -0.4 is 10.6 Å². The van der Waals surface area contributed by atoms with Crippen molar-refractivity contribution in [1.29, 1.82) is 0 Å². The van der Waals surface area contributed by atoms with E-state index in [1.165, 1.54) is 25.7 Å². The predicted molar refractivity (Wildman–Crippen MR) is 71.8 cm³/mol. The van der Waals surface area contributed by atoms with Crippen LogP contribution in [0.5, 0.6) is 0 Å². The average Bonchev–Trinajstić information content (AvgIpc) is 2.55. The standard InChI is InChI=1S/C12H18BrN3/c1-9-10(14)8-15-12(11(9)13)16-6-4-2-3-5-7-16/h8H,2-7,14H2,1H3. The minimum Gasteiger partial charge on any atom is -0.397 e. The zero-order chi connectivity index (χ0) is 11.5. The van der Waals surface area contributed by atoms with E-state index in [1.54, 1.807) is 6.20 Å². The molecule has 2 N–H and O–H groups in total. The second-order valence-corrected chi connectivity index (χ2v) is 5.17. The Hall–Kier alpha value is -0.770. The average molecular weight is 284 g/mol. The molecule has 2 heterocycles. The van der Waals surface area contributed by atoms with E-state index in [-0.39, 0.29) is 0 Å². The van der Waals surface area contributed by atoms with Gasteiger partial charge in [-0.3, -0.25) is 0 Å². The first kappa shape index (κ1) is 11.7. The molecule has 0 aromatic carbocycles. The van der Waals surface area contributed by atoms with Gasteiger partial charge >= 0.3 is 0 Å². The Morgan fingerprint density at radius 3 is 2.50 bits per heavy atom. The summed E-state index contributed by atoms with van der Waals surface area (Å²) in [4.78, 5) is 6.82. The van der Waals surface area contributed by atoms with Crippen LogP contribution in [-0.2, 0) is 0 Å². The van der Waals surface area contributed by atoms with Crippen molar-refractivity contribution in [2.45, 2.75) is 32.6 Å². The number of nitrogens with two attached hydrogens (primary N) is 1. The lowest BCUT2D eigenvalue weighted by Gasteiger charge is -2.23. The molecule has 0 atom stereocenters. The van der Waals surface area contributed by atoms with E-state index in [0.717, 1.165) is 34.6 Å². The van der Waals surface area contributed by atoms with Gasteiger partial charge in [-0.1, -0.05) is 12.8 Å². The van der Waals surface area contributed by atoms with Crippen LogP contribution in [0.15, 0.2) is 10.7 Å². The Bertz CT molecular complexity index is 371. The molecule has 1 aliphatic rings. The van der Waals surface area contributed by atoms with Gasteiger partial charge in [0.1, 0.15) is 5.82 Å². The maximum absolute atomic E-state index is 5.84. The first-order valence-corrected chi connectivity index (χ1v) is 6.65. The summed E-state index contributed by atoms with van der Waals surface area (Å²) < 4.78 is 1.05. The van der Waals surface area contributed by atoms with Gasteiger partial charge in [-0.25, -0.2) is 4.98 Å². The van der Waals surface area contributed by atoms with Crippen LogP contribution in [-0.4, -0.2) is 18.1 Å². The van der Waals surface area contributed by atoms with Crippen LogP contribution in [0.3, 0.4) is 0 Å². The molecular formula is C12H18BrN3. The molecule has 2 rings (SSSR count). The van der Waals surface area contributed by atoms with Crippen LogP contribution in [0.1, 0.15) is 31.2 Å². The quantitative estimate of drug-likeness (QED) is 0.861. The molecule has 88 valence electrons. The number of aromatic nitrogens is 1. The van der Waals surface area contributed by atoms with Gasteiger partial charge in [-0.2, -0.15) is 0 Å². The number of nitrogen functional groups attached to an aromatic ring is 1. The number of halogens is 1. The summed E-state index contributed by atoms with van der Waals surface area (Å²) in [6.07, 6.45) is 6.96. The lowest BCUT2D eigenvalue weighted by molar-refractivity contribution is 0.726. The fourth-order valence-electron chi connectivity index (χ4n) is 2.08. The van der Waals surface area contributed by atoms with E-state index in [9.17, 15) is 0 Å². The SMILES string of the molecule is Cc1c(N)cnc(N2CCCCCC2)c1Br. The van der Waals surface area contributed by atoms with Gasteiger partial charge in [0.25, 0.3) is 0 Å². The normalized spacial score (nSPS) is 17.2. The van der Waals surface area contributed by atoms with E-state index in [4.69, 9.17) is 5.73 Å². The Morgan fingerprint density at radius 2 is 1.88 bits per heavy atom. The van der Waals surface area contributed by atoms with Crippen molar-refractivity contribution >= 4 is 27.4 Å². The highest BCUT2D eigenvalue weighted by atomic mass is 79.9. The molecule has 3 nitrogen and oxygen atoms in total. The summed E-state index contributed by atoms with van der Waals surface area (Å²) in [5, 5.41) is 0. The lowest BCUT2D eigenvalue weighted by Crippen LogP contribution is -2.25. The molecule has 0 saturated carbocycles. The van der Waals surface area contributed by atoms with Crippen LogP contribution >= 0.6 is 15.9 Å². The van der Waals surface area contributed by atoms with Crippen molar-refractivity contribution in [3.8, 4) is 0 Å². The van der Waals surface area contributed by atoms with Crippen molar-refractivity contribution in [3.05, 3.63) is 16.2 Å². The van der Waals surface area contributed by atoms with Gasteiger partial charge in [0.05, 0.1) is 16.4 Å². The number of hydrogen-bond donors (Lipinski definition) is 1. The third-order valence-corrected chi connectivity index (χ3v) is 4.14. The van der Waals surface area contributed by atoms with E-state index in [0.29, 0.717) is 0 Å². The first-order chi connectivity index (χ1) is 7.70. The predicted octanol–water partition coefficient (Wildman–Crippen LogP) is 3.12. The molecule has 1 aromatic heterocycles. The number of pyridine rings is 1. The number of rotatable bonds is 1. The van der Waals surface area contributed by atoms with E-state index < -0.39 is 0 Å². The van der Waals surface area contributed by atoms with E-state index in [2.05, 4.69) is 25.8 Å². The highest BCUT2D eigenvalue weighted by Gasteiger charge is 2.15. The molecule has 0 amide bonds. The van der Waals surface area contributed by atoms with Crippen molar-refractivity contribution in [3.63, 3.8) is 0 Å². The summed E-state index contributed by atoms with van der Waals surface area (Å²) in [6, 6.07) is 0.